The van der Waals surface area contributed by atoms with Gasteiger partial charge in [-0.15, -0.1) is 0 Å². The maximum Gasteiger partial charge on any atom is 0.321 e. The minimum absolute atomic E-state index is 0.0844. The van der Waals surface area contributed by atoms with Crippen LogP contribution < -0.4 is 10.6 Å². The number of likely N-dealkylation sites (N-methyl/N-ethyl adjacent to an activating group) is 1. The molecule has 1 aromatic rings. The van der Waals surface area contributed by atoms with Crippen LogP contribution in [-0.2, 0) is 4.79 Å². The molecule has 26 heavy (non-hydrogen) atoms. The maximum absolute atomic E-state index is 13.0. The van der Waals surface area contributed by atoms with Crippen LogP contribution in [-0.4, -0.2) is 61.0 Å². The molecule has 1 saturated carbocycles. The zero-order chi connectivity index (χ0) is 18.5. The van der Waals surface area contributed by atoms with E-state index in [0.29, 0.717) is 37.8 Å². The first kappa shape index (κ1) is 18.6. The van der Waals surface area contributed by atoms with Gasteiger partial charge in [0.25, 0.3) is 0 Å². The number of nitrogens with one attached hydrogen (secondary N) is 2. The minimum atomic E-state index is -0.330. The van der Waals surface area contributed by atoms with Crippen LogP contribution in [0.25, 0.3) is 0 Å². The Morgan fingerprint density at radius 3 is 2.27 bits per heavy atom. The molecule has 0 aromatic heterocycles. The Labute approximate surface area is 153 Å². The summed E-state index contributed by atoms with van der Waals surface area (Å²) < 4.78 is 13.0. The molecule has 1 saturated heterocycles. The van der Waals surface area contributed by atoms with Crippen LogP contribution >= 0.6 is 0 Å². The van der Waals surface area contributed by atoms with Crippen LogP contribution in [0.4, 0.5) is 14.9 Å². The van der Waals surface area contributed by atoms with Gasteiger partial charge in [-0.3, -0.25) is 9.69 Å². The number of rotatable bonds is 4. The first-order valence-corrected chi connectivity index (χ1v) is 9.35. The molecule has 7 heteroatoms. The van der Waals surface area contributed by atoms with Crippen LogP contribution in [0.15, 0.2) is 24.3 Å². The number of hydrogen-bond acceptors (Lipinski definition) is 3. The molecule has 0 radical (unpaired) electrons. The van der Waals surface area contributed by atoms with Gasteiger partial charge >= 0.3 is 6.03 Å². The molecular formula is C19H27FN4O2. The minimum Gasteiger partial charge on any atom is -0.358 e. The van der Waals surface area contributed by atoms with Gasteiger partial charge in [-0.1, -0.05) is 12.8 Å². The van der Waals surface area contributed by atoms with Crippen molar-refractivity contribution in [2.75, 3.05) is 38.5 Å². The lowest BCUT2D eigenvalue weighted by molar-refractivity contribution is -0.128. The summed E-state index contributed by atoms with van der Waals surface area (Å²) in [5.74, 6) is 0.166. The highest BCUT2D eigenvalue weighted by molar-refractivity contribution is 5.89. The molecule has 142 valence electrons. The molecule has 1 aromatic carbocycles. The van der Waals surface area contributed by atoms with E-state index in [1.54, 1.807) is 24.1 Å². The van der Waals surface area contributed by atoms with Crippen LogP contribution in [0.5, 0.6) is 0 Å². The smallest absolute Gasteiger partial charge is 0.321 e. The molecule has 2 fully saturated rings. The molecule has 1 atom stereocenters. The summed E-state index contributed by atoms with van der Waals surface area (Å²) in [6, 6.07) is 5.46. The standard InChI is InChI=1S/C19H27FN4O2/c1-21-18(25)17(14-4-2-3-5-14)23-10-12-24(13-11-23)19(26)22-16-8-6-15(20)7-9-16/h6-9,14,17H,2-5,10-13H2,1H3,(H,21,25)(H,22,26)/t17-/m0/s1. The van der Waals surface area contributed by atoms with Gasteiger partial charge in [-0.2, -0.15) is 0 Å². The van der Waals surface area contributed by atoms with Crippen molar-refractivity contribution in [1.82, 2.24) is 15.1 Å². The van der Waals surface area contributed by atoms with E-state index in [0.717, 1.165) is 12.8 Å². The average Bonchev–Trinajstić information content (AvgIpc) is 3.18. The lowest BCUT2D eigenvalue weighted by Gasteiger charge is -2.40. The summed E-state index contributed by atoms with van der Waals surface area (Å²) >= 11 is 0. The molecule has 1 heterocycles. The van der Waals surface area contributed by atoms with E-state index < -0.39 is 0 Å². The summed E-state index contributed by atoms with van der Waals surface area (Å²) in [6.45, 7) is 2.53. The summed E-state index contributed by atoms with van der Waals surface area (Å²) in [4.78, 5) is 28.8. The van der Waals surface area contributed by atoms with E-state index in [2.05, 4.69) is 15.5 Å². The van der Waals surface area contributed by atoms with Gasteiger partial charge in [0.2, 0.25) is 5.91 Å². The maximum atomic E-state index is 13.0. The first-order valence-electron chi connectivity index (χ1n) is 9.35. The predicted molar refractivity (Wildman–Crippen MR) is 98.4 cm³/mol. The van der Waals surface area contributed by atoms with E-state index in [-0.39, 0.29) is 23.8 Å². The number of amides is 3. The van der Waals surface area contributed by atoms with Gasteiger partial charge in [0.1, 0.15) is 5.82 Å². The number of benzene rings is 1. The van der Waals surface area contributed by atoms with Crippen LogP contribution in [0, 0.1) is 11.7 Å². The van der Waals surface area contributed by atoms with E-state index >= 15 is 0 Å². The molecule has 1 aliphatic carbocycles. The quantitative estimate of drug-likeness (QED) is 0.864. The van der Waals surface area contributed by atoms with Gasteiger partial charge < -0.3 is 15.5 Å². The average molecular weight is 362 g/mol. The van der Waals surface area contributed by atoms with Crippen molar-refractivity contribution >= 4 is 17.6 Å². The zero-order valence-electron chi connectivity index (χ0n) is 15.2. The lowest BCUT2D eigenvalue weighted by atomic mass is 9.95. The number of nitrogens with zero attached hydrogens (tertiary/aromatic N) is 2. The lowest BCUT2D eigenvalue weighted by Crippen LogP contribution is -2.58. The van der Waals surface area contributed by atoms with E-state index in [4.69, 9.17) is 0 Å². The highest BCUT2D eigenvalue weighted by Crippen LogP contribution is 2.31. The second-order valence-electron chi connectivity index (χ2n) is 7.06. The number of hydrogen-bond donors (Lipinski definition) is 2. The topological polar surface area (TPSA) is 64.7 Å². The summed E-state index contributed by atoms with van der Waals surface area (Å²) in [6.07, 6.45) is 4.59. The third-order valence-corrected chi connectivity index (χ3v) is 5.45. The molecule has 3 amide bonds. The Kier molecular flexibility index (Phi) is 6.08. The van der Waals surface area contributed by atoms with Gasteiger partial charge in [0, 0.05) is 38.9 Å². The van der Waals surface area contributed by atoms with Crippen LogP contribution in [0.3, 0.4) is 0 Å². The number of anilines is 1. The molecule has 2 aliphatic rings. The van der Waals surface area contributed by atoms with Crippen molar-refractivity contribution in [3.63, 3.8) is 0 Å². The fourth-order valence-electron chi connectivity index (χ4n) is 4.04. The SMILES string of the molecule is CNC(=O)[C@H](C1CCCC1)N1CCN(C(=O)Nc2ccc(F)cc2)CC1. The zero-order valence-corrected chi connectivity index (χ0v) is 15.2. The van der Waals surface area contributed by atoms with E-state index in [1.807, 2.05) is 0 Å². The third-order valence-electron chi connectivity index (χ3n) is 5.45. The van der Waals surface area contributed by atoms with Crippen LogP contribution in [0.2, 0.25) is 0 Å². The largest absolute Gasteiger partial charge is 0.358 e. The van der Waals surface area contributed by atoms with Crippen molar-refractivity contribution in [2.24, 2.45) is 5.92 Å². The fraction of sp³-hybridized carbons (Fsp3) is 0.579. The Balaban J connectivity index is 1.56. The third kappa shape index (κ3) is 4.33. The van der Waals surface area contributed by atoms with Crippen molar-refractivity contribution in [1.29, 1.82) is 0 Å². The van der Waals surface area contributed by atoms with E-state index in [9.17, 15) is 14.0 Å². The summed E-state index contributed by atoms with van der Waals surface area (Å²) in [5, 5.41) is 5.60. The normalized spacial score (nSPS) is 20.0. The predicted octanol–water partition coefficient (Wildman–Crippen LogP) is 2.28. The summed E-state index contributed by atoms with van der Waals surface area (Å²) in [7, 11) is 1.69. The monoisotopic (exact) mass is 362 g/mol. The second kappa shape index (κ2) is 8.49. The van der Waals surface area contributed by atoms with Crippen molar-refractivity contribution in [3.8, 4) is 0 Å². The Hall–Kier alpha value is -2.15. The van der Waals surface area contributed by atoms with Crippen molar-refractivity contribution < 1.29 is 14.0 Å². The molecule has 0 unspecified atom stereocenters. The molecule has 1 aliphatic heterocycles. The van der Waals surface area contributed by atoms with Crippen molar-refractivity contribution in [2.45, 2.75) is 31.7 Å². The first-order chi connectivity index (χ1) is 12.6. The number of urea groups is 1. The highest BCUT2D eigenvalue weighted by Gasteiger charge is 2.36. The molecular weight excluding hydrogens is 335 g/mol. The van der Waals surface area contributed by atoms with Gasteiger partial charge in [0.15, 0.2) is 0 Å². The summed E-state index contributed by atoms with van der Waals surface area (Å²) in [5.41, 5.74) is 0.577. The van der Waals surface area contributed by atoms with Gasteiger partial charge in [0.05, 0.1) is 6.04 Å². The Bertz CT molecular complexity index is 623. The molecule has 0 spiro atoms. The Morgan fingerprint density at radius 1 is 1.08 bits per heavy atom. The van der Waals surface area contributed by atoms with Gasteiger partial charge in [-0.05, 0) is 43.0 Å². The molecule has 3 rings (SSSR count). The number of piperazine rings is 1. The number of carbonyl (C=O) groups is 2. The van der Waals surface area contributed by atoms with Crippen molar-refractivity contribution in [3.05, 3.63) is 30.1 Å². The second-order valence-corrected chi connectivity index (χ2v) is 7.06. The van der Waals surface area contributed by atoms with Gasteiger partial charge in [-0.25, -0.2) is 9.18 Å². The van der Waals surface area contributed by atoms with Crippen LogP contribution in [0.1, 0.15) is 25.7 Å². The number of carbonyl (C=O) groups excluding carboxylic acids is 2. The Morgan fingerprint density at radius 2 is 1.69 bits per heavy atom. The molecule has 0 bridgehead atoms. The fourth-order valence-corrected chi connectivity index (χ4v) is 4.04. The molecule has 2 N–H and O–H groups in total. The number of halogens is 1. The highest BCUT2D eigenvalue weighted by atomic mass is 19.1. The van der Waals surface area contributed by atoms with E-state index in [1.165, 1.54) is 25.0 Å². The molecule has 6 nitrogen and oxygen atoms in total.